The average molecular weight is 276 g/mol. The zero-order valence-electron chi connectivity index (χ0n) is 9.78. The molecule has 1 aromatic heterocycles. The molecule has 0 aliphatic heterocycles. The molecule has 0 bridgehead atoms. The first-order chi connectivity index (χ1) is 7.85. The van der Waals surface area contributed by atoms with Crippen LogP contribution in [0, 0.1) is 5.41 Å². The highest BCUT2D eigenvalue weighted by Crippen LogP contribution is 2.63. The molecule has 1 N–H and O–H groups in total. The Hall–Kier alpha value is -0.740. The Balaban J connectivity index is 1.88. The fourth-order valence-corrected chi connectivity index (χ4v) is 2.47. The maximum absolute atomic E-state index is 12.0. The van der Waals surface area contributed by atoms with Gasteiger partial charge in [0, 0.05) is 18.4 Å². The SMILES string of the molecule is C[C@H](Cn1cccn1)NC(=O)[C@]1(C)CC1(Cl)Cl. The van der Waals surface area contributed by atoms with Gasteiger partial charge in [-0.05, 0) is 26.3 Å². The monoisotopic (exact) mass is 275 g/mol. The largest absolute Gasteiger partial charge is 0.351 e. The van der Waals surface area contributed by atoms with Crippen LogP contribution < -0.4 is 5.32 Å². The molecular formula is C11H15Cl2N3O. The molecule has 0 spiro atoms. The lowest BCUT2D eigenvalue weighted by molar-refractivity contribution is -0.126. The van der Waals surface area contributed by atoms with Crippen LogP contribution >= 0.6 is 23.2 Å². The Labute approximate surface area is 110 Å². The van der Waals surface area contributed by atoms with E-state index in [0.717, 1.165) is 0 Å². The Morgan fingerprint density at radius 2 is 2.29 bits per heavy atom. The molecular weight excluding hydrogens is 261 g/mol. The molecule has 1 heterocycles. The molecule has 1 amide bonds. The minimum Gasteiger partial charge on any atom is -0.351 e. The summed E-state index contributed by atoms with van der Waals surface area (Å²) in [5.74, 6) is -0.0952. The van der Waals surface area contributed by atoms with Crippen LogP contribution in [0.1, 0.15) is 20.3 Å². The molecule has 6 heteroatoms. The van der Waals surface area contributed by atoms with E-state index in [-0.39, 0.29) is 11.9 Å². The van der Waals surface area contributed by atoms with E-state index < -0.39 is 9.75 Å². The van der Waals surface area contributed by atoms with Crippen molar-refractivity contribution in [3.05, 3.63) is 18.5 Å². The van der Waals surface area contributed by atoms with Crippen LogP contribution in [0.4, 0.5) is 0 Å². The van der Waals surface area contributed by atoms with Crippen LogP contribution in [-0.2, 0) is 11.3 Å². The zero-order valence-corrected chi connectivity index (χ0v) is 11.3. The van der Waals surface area contributed by atoms with Crippen molar-refractivity contribution in [1.82, 2.24) is 15.1 Å². The van der Waals surface area contributed by atoms with E-state index in [1.54, 1.807) is 17.8 Å². The Bertz CT molecular complexity index is 418. The first-order valence-corrected chi connectivity index (χ1v) is 6.27. The van der Waals surface area contributed by atoms with E-state index in [9.17, 15) is 4.79 Å². The van der Waals surface area contributed by atoms with E-state index in [1.807, 2.05) is 19.2 Å². The molecule has 0 aromatic carbocycles. The summed E-state index contributed by atoms with van der Waals surface area (Å²) >= 11 is 11.9. The molecule has 0 saturated heterocycles. The number of nitrogens with zero attached hydrogens (tertiary/aromatic N) is 2. The lowest BCUT2D eigenvalue weighted by Gasteiger charge is -2.18. The third-order valence-corrected chi connectivity index (χ3v) is 4.26. The van der Waals surface area contributed by atoms with Gasteiger partial charge in [0.2, 0.25) is 5.91 Å². The highest BCUT2D eigenvalue weighted by molar-refractivity contribution is 6.53. The van der Waals surface area contributed by atoms with Crippen LogP contribution in [0.5, 0.6) is 0 Å². The molecule has 0 unspecified atom stereocenters. The summed E-state index contributed by atoms with van der Waals surface area (Å²) in [6.45, 7) is 4.34. The molecule has 17 heavy (non-hydrogen) atoms. The van der Waals surface area contributed by atoms with E-state index in [2.05, 4.69) is 10.4 Å². The van der Waals surface area contributed by atoms with Crippen molar-refractivity contribution in [3.8, 4) is 0 Å². The fraction of sp³-hybridized carbons (Fsp3) is 0.636. The third kappa shape index (κ3) is 2.43. The maximum atomic E-state index is 12.0. The molecule has 2 atom stereocenters. The Morgan fingerprint density at radius 1 is 1.65 bits per heavy atom. The minimum atomic E-state index is -0.914. The second-order valence-electron chi connectivity index (χ2n) is 4.82. The van der Waals surface area contributed by atoms with E-state index >= 15 is 0 Å². The van der Waals surface area contributed by atoms with Gasteiger partial charge in [0.25, 0.3) is 0 Å². The molecule has 1 aliphatic rings. The standard InChI is InChI=1S/C11H15Cl2N3O/c1-8(6-16-5-3-4-14-16)15-9(17)10(2)7-11(10,12)13/h3-5,8H,6-7H2,1-2H3,(H,15,17)/t8-,10+/m1/s1. The van der Waals surface area contributed by atoms with Crippen molar-refractivity contribution in [2.75, 3.05) is 0 Å². The predicted octanol–water partition coefficient (Wildman–Crippen LogP) is 1.97. The molecule has 1 fully saturated rings. The molecule has 1 aromatic rings. The van der Waals surface area contributed by atoms with Crippen LogP contribution in [-0.4, -0.2) is 26.1 Å². The summed E-state index contributed by atoms with van der Waals surface area (Å²) in [6, 6.07) is 1.84. The highest BCUT2D eigenvalue weighted by Gasteiger charge is 2.67. The average Bonchev–Trinajstić information content (AvgIpc) is 2.64. The number of aromatic nitrogens is 2. The first kappa shape index (κ1) is 12.7. The number of hydrogen-bond donors (Lipinski definition) is 1. The predicted molar refractivity (Wildman–Crippen MR) is 67.0 cm³/mol. The van der Waals surface area contributed by atoms with Crippen molar-refractivity contribution in [1.29, 1.82) is 0 Å². The Kier molecular flexibility index (Phi) is 3.12. The van der Waals surface area contributed by atoms with E-state index in [0.29, 0.717) is 13.0 Å². The van der Waals surface area contributed by atoms with Crippen molar-refractivity contribution in [3.63, 3.8) is 0 Å². The number of amides is 1. The van der Waals surface area contributed by atoms with Crippen molar-refractivity contribution in [2.45, 2.75) is 37.2 Å². The Morgan fingerprint density at radius 3 is 2.76 bits per heavy atom. The summed E-state index contributed by atoms with van der Waals surface area (Å²) in [5, 5.41) is 6.99. The van der Waals surface area contributed by atoms with Gasteiger partial charge in [0.05, 0.1) is 12.0 Å². The van der Waals surface area contributed by atoms with Gasteiger partial charge in [-0.15, -0.1) is 23.2 Å². The molecule has 0 radical (unpaired) electrons. The summed E-state index contributed by atoms with van der Waals surface area (Å²) in [4.78, 5) is 12.0. The van der Waals surface area contributed by atoms with Gasteiger partial charge in [-0.25, -0.2) is 0 Å². The van der Waals surface area contributed by atoms with Gasteiger partial charge in [0.1, 0.15) is 4.33 Å². The van der Waals surface area contributed by atoms with Crippen LogP contribution in [0.3, 0.4) is 0 Å². The second-order valence-corrected chi connectivity index (χ2v) is 6.30. The lowest BCUT2D eigenvalue weighted by Crippen LogP contribution is -2.41. The van der Waals surface area contributed by atoms with E-state index in [4.69, 9.17) is 23.2 Å². The second kappa shape index (κ2) is 4.18. The van der Waals surface area contributed by atoms with Crippen LogP contribution in [0.2, 0.25) is 0 Å². The summed E-state index contributed by atoms with van der Waals surface area (Å²) in [5.41, 5.74) is -0.658. The van der Waals surface area contributed by atoms with E-state index in [1.165, 1.54) is 0 Å². The number of halogens is 2. The zero-order chi connectivity index (χ0) is 12.7. The van der Waals surface area contributed by atoms with Gasteiger partial charge in [-0.2, -0.15) is 5.10 Å². The van der Waals surface area contributed by atoms with Crippen molar-refractivity contribution < 1.29 is 4.79 Å². The molecule has 1 saturated carbocycles. The van der Waals surface area contributed by atoms with Crippen molar-refractivity contribution >= 4 is 29.1 Å². The molecule has 94 valence electrons. The van der Waals surface area contributed by atoms with Gasteiger partial charge in [-0.1, -0.05) is 0 Å². The molecule has 1 aliphatic carbocycles. The smallest absolute Gasteiger partial charge is 0.229 e. The summed E-state index contributed by atoms with van der Waals surface area (Å²) in [7, 11) is 0. The summed E-state index contributed by atoms with van der Waals surface area (Å²) in [6.07, 6.45) is 4.07. The third-order valence-electron chi connectivity index (χ3n) is 3.16. The number of rotatable bonds is 4. The maximum Gasteiger partial charge on any atom is 0.229 e. The van der Waals surface area contributed by atoms with Crippen molar-refractivity contribution in [2.24, 2.45) is 5.41 Å². The van der Waals surface area contributed by atoms with Gasteiger partial charge in [0.15, 0.2) is 0 Å². The number of nitrogens with one attached hydrogen (secondary N) is 1. The van der Waals surface area contributed by atoms with Crippen LogP contribution in [0.25, 0.3) is 0 Å². The lowest BCUT2D eigenvalue weighted by atomic mass is 10.1. The molecule has 4 nitrogen and oxygen atoms in total. The number of carbonyl (C=O) groups is 1. The fourth-order valence-electron chi connectivity index (χ4n) is 1.76. The molecule has 2 rings (SSSR count). The highest BCUT2D eigenvalue weighted by atomic mass is 35.5. The first-order valence-electron chi connectivity index (χ1n) is 5.51. The van der Waals surface area contributed by atoms with Crippen LogP contribution in [0.15, 0.2) is 18.5 Å². The van der Waals surface area contributed by atoms with Gasteiger partial charge in [-0.3, -0.25) is 9.48 Å². The quantitative estimate of drug-likeness (QED) is 0.855. The topological polar surface area (TPSA) is 46.9 Å². The number of hydrogen-bond acceptors (Lipinski definition) is 2. The summed E-state index contributed by atoms with van der Waals surface area (Å²) < 4.78 is 0.858. The minimum absolute atomic E-state index is 0.0102. The number of alkyl halides is 2. The van der Waals surface area contributed by atoms with Gasteiger partial charge >= 0.3 is 0 Å². The number of carbonyl (C=O) groups excluding carboxylic acids is 1. The van der Waals surface area contributed by atoms with Gasteiger partial charge < -0.3 is 5.32 Å². The normalized spacial score (nSPS) is 27.5.